The molecule has 6 heteroatoms. The number of hydrogen-bond donors (Lipinski definition) is 1. The molecule has 1 spiro atoms. The van der Waals surface area contributed by atoms with Crippen LogP contribution < -0.4 is 0 Å². The van der Waals surface area contributed by atoms with Crippen LogP contribution >= 0.6 is 0 Å². The van der Waals surface area contributed by atoms with Gasteiger partial charge in [0.15, 0.2) is 5.82 Å². The third-order valence-corrected chi connectivity index (χ3v) is 5.70. The largest absolute Gasteiger partial charge is 0.341 e. The topological polar surface area (TPSA) is 74.8 Å². The molecule has 25 heavy (non-hydrogen) atoms. The van der Waals surface area contributed by atoms with E-state index in [-0.39, 0.29) is 17.2 Å². The fraction of sp³-hybridized carbons (Fsp3) is 0.579. The van der Waals surface area contributed by atoms with E-state index in [9.17, 15) is 4.79 Å². The van der Waals surface area contributed by atoms with Crippen molar-refractivity contribution in [3.05, 3.63) is 30.4 Å². The Balaban J connectivity index is 1.57. The molecule has 0 aromatic carbocycles. The minimum atomic E-state index is 0.196. The van der Waals surface area contributed by atoms with Crippen LogP contribution in [0.25, 0.3) is 11.4 Å². The molecule has 132 valence electrons. The van der Waals surface area contributed by atoms with Gasteiger partial charge < -0.3 is 4.90 Å². The summed E-state index contributed by atoms with van der Waals surface area (Å²) in [5.74, 6) is 2.57. The first kappa shape index (κ1) is 16.2. The van der Waals surface area contributed by atoms with Gasteiger partial charge in [0, 0.05) is 43.4 Å². The molecule has 1 atom stereocenters. The van der Waals surface area contributed by atoms with Gasteiger partial charge in [-0.05, 0) is 36.3 Å². The van der Waals surface area contributed by atoms with Gasteiger partial charge in [0.1, 0.15) is 5.82 Å². The quantitative estimate of drug-likeness (QED) is 0.929. The smallest absolute Gasteiger partial charge is 0.222 e. The normalized spacial score (nSPS) is 21.7. The van der Waals surface area contributed by atoms with Crippen LogP contribution in [0.2, 0.25) is 0 Å². The SMILES string of the molecule is CC(C)CC(=O)N1CC(c2nc(-c3ccncc3)n[nH]2)C2(CCC2)C1. The minimum Gasteiger partial charge on any atom is -0.341 e. The third-order valence-electron chi connectivity index (χ3n) is 5.70. The zero-order valence-corrected chi connectivity index (χ0v) is 14.9. The summed E-state index contributed by atoms with van der Waals surface area (Å²) in [6.07, 6.45) is 7.72. The molecule has 0 bridgehead atoms. The lowest BCUT2D eigenvalue weighted by atomic mass is 9.62. The van der Waals surface area contributed by atoms with Crippen molar-refractivity contribution in [3.63, 3.8) is 0 Å². The molecule has 2 fully saturated rings. The fourth-order valence-electron chi connectivity index (χ4n) is 4.21. The zero-order chi connectivity index (χ0) is 17.4. The van der Waals surface area contributed by atoms with E-state index in [1.54, 1.807) is 12.4 Å². The number of carbonyl (C=O) groups excluding carboxylic acids is 1. The number of rotatable bonds is 4. The van der Waals surface area contributed by atoms with Crippen molar-refractivity contribution in [2.24, 2.45) is 11.3 Å². The number of nitrogens with zero attached hydrogens (tertiary/aromatic N) is 4. The Morgan fingerprint density at radius 3 is 2.76 bits per heavy atom. The van der Waals surface area contributed by atoms with E-state index in [2.05, 4.69) is 33.9 Å². The van der Waals surface area contributed by atoms with Crippen molar-refractivity contribution in [1.82, 2.24) is 25.1 Å². The van der Waals surface area contributed by atoms with Crippen molar-refractivity contribution in [3.8, 4) is 11.4 Å². The number of H-pyrrole nitrogens is 1. The molecular formula is C19H25N5O. The predicted octanol–water partition coefficient (Wildman–Crippen LogP) is 3.01. The molecule has 2 aromatic heterocycles. The van der Waals surface area contributed by atoms with Crippen molar-refractivity contribution >= 4 is 5.91 Å². The van der Waals surface area contributed by atoms with E-state index in [0.717, 1.165) is 24.5 Å². The maximum absolute atomic E-state index is 12.6. The molecule has 1 saturated carbocycles. The molecule has 6 nitrogen and oxygen atoms in total. The summed E-state index contributed by atoms with van der Waals surface area (Å²) in [5.41, 5.74) is 1.16. The lowest BCUT2D eigenvalue weighted by molar-refractivity contribution is -0.131. The van der Waals surface area contributed by atoms with Gasteiger partial charge in [0.05, 0.1) is 0 Å². The molecule has 1 unspecified atom stereocenters. The average molecular weight is 339 g/mol. The summed E-state index contributed by atoms with van der Waals surface area (Å²) in [6.45, 7) is 5.83. The van der Waals surface area contributed by atoms with Crippen LogP contribution in [0.1, 0.15) is 51.3 Å². The summed E-state index contributed by atoms with van der Waals surface area (Å²) in [6, 6.07) is 3.83. The van der Waals surface area contributed by atoms with Gasteiger partial charge in [0.2, 0.25) is 5.91 Å². The standard InChI is InChI=1S/C19H25N5O/c1-13(2)10-16(25)24-11-15(19(12-24)6-3-7-19)18-21-17(22-23-18)14-4-8-20-9-5-14/h4-5,8-9,13,15H,3,6-7,10-12H2,1-2H3,(H,21,22,23). The Morgan fingerprint density at radius 2 is 2.12 bits per heavy atom. The molecule has 1 amide bonds. The van der Waals surface area contributed by atoms with E-state index < -0.39 is 0 Å². The van der Waals surface area contributed by atoms with Gasteiger partial charge in [-0.1, -0.05) is 20.3 Å². The molecule has 1 N–H and O–H groups in total. The highest BCUT2D eigenvalue weighted by Crippen LogP contribution is 2.55. The molecule has 1 saturated heterocycles. The van der Waals surface area contributed by atoms with Crippen molar-refractivity contribution in [2.75, 3.05) is 13.1 Å². The van der Waals surface area contributed by atoms with Crippen LogP contribution in [-0.4, -0.2) is 44.1 Å². The molecule has 1 aliphatic carbocycles. The van der Waals surface area contributed by atoms with Gasteiger partial charge in [-0.25, -0.2) is 4.98 Å². The molecule has 4 rings (SSSR count). The van der Waals surface area contributed by atoms with Crippen LogP contribution in [0.5, 0.6) is 0 Å². The number of nitrogens with one attached hydrogen (secondary N) is 1. The second kappa shape index (κ2) is 6.24. The molecule has 2 aliphatic rings. The second-order valence-corrected chi connectivity index (χ2v) is 7.92. The number of carbonyl (C=O) groups is 1. The number of amides is 1. The molecule has 3 heterocycles. The lowest BCUT2D eigenvalue weighted by Gasteiger charge is -2.41. The van der Waals surface area contributed by atoms with Crippen LogP contribution in [0.3, 0.4) is 0 Å². The maximum Gasteiger partial charge on any atom is 0.222 e. The van der Waals surface area contributed by atoms with E-state index in [1.807, 2.05) is 12.1 Å². The number of hydrogen-bond acceptors (Lipinski definition) is 4. The Kier molecular flexibility index (Phi) is 4.06. The van der Waals surface area contributed by atoms with E-state index >= 15 is 0 Å². The first-order chi connectivity index (χ1) is 12.1. The van der Waals surface area contributed by atoms with E-state index in [0.29, 0.717) is 18.2 Å². The van der Waals surface area contributed by atoms with Gasteiger partial charge in [-0.15, -0.1) is 0 Å². The lowest BCUT2D eigenvalue weighted by Crippen LogP contribution is -2.38. The first-order valence-corrected chi connectivity index (χ1v) is 9.18. The van der Waals surface area contributed by atoms with Crippen LogP contribution in [0.15, 0.2) is 24.5 Å². The van der Waals surface area contributed by atoms with Crippen LogP contribution in [0.4, 0.5) is 0 Å². The van der Waals surface area contributed by atoms with Crippen molar-refractivity contribution in [2.45, 2.75) is 45.4 Å². The summed E-state index contributed by atoms with van der Waals surface area (Å²) >= 11 is 0. The van der Waals surface area contributed by atoms with Gasteiger partial charge in [0.25, 0.3) is 0 Å². The van der Waals surface area contributed by atoms with Crippen molar-refractivity contribution < 1.29 is 4.79 Å². The van der Waals surface area contributed by atoms with Gasteiger partial charge in [-0.2, -0.15) is 5.10 Å². The predicted molar refractivity (Wildman–Crippen MR) is 94.7 cm³/mol. The summed E-state index contributed by atoms with van der Waals surface area (Å²) < 4.78 is 0. The van der Waals surface area contributed by atoms with E-state index in [4.69, 9.17) is 4.98 Å². The molecule has 0 radical (unpaired) electrons. The summed E-state index contributed by atoms with van der Waals surface area (Å²) in [4.78, 5) is 23.4. The third kappa shape index (κ3) is 2.94. The molecular weight excluding hydrogens is 314 g/mol. The Labute approximate surface area is 148 Å². The average Bonchev–Trinajstić information content (AvgIpc) is 3.19. The minimum absolute atomic E-state index is 0.196. The fourth-order valence-corrected chi connectivity index (χ4v) is 4.21. The number of likely N-dealkylation sites (tertiary alicyclic amines) is 1. The van der Waals surface area contributed by atoms with Gasteiger partial charge >= 0.3 is 0 Å². The highest BCUT2D eigenvalue weighted by Gasteiger charge is 2.53. The number of aromatic amines is 1. The van der Waals surface area contributed by atoms with E-state index in [1.165, 1.54) is 19.3 Å². The van der Waals surface area contributed by atoms with Crippen LogP contribution in [0, 0.1) is 11.3 Å². The highest BCUT2D eigenvalue weighted by atomic mass is 16.2. The monoisotopic (exact) mass is 339 g/mol. The Morgan fingerprint density at radius 1 is 1.36 bits per heavy atom. The number of aromatic nitrogens is 4. The zero-order valence-electron chi connectivity index (χ0n) is 14.9. The first-order valence-electron chi connectivity index (χ1n) is 9.18. The van der Waals surface area contributed by atoms with Crippen molar-refractivity contribution in [1.29, 1.82) is 0 Å². The second-order valence-electron chi connectivity index (χ2n) is 7.92. The number of pyridine rings is 1. The molecule has 1 aliphatic heterocycles. The highest BCUT2D eigenvalue weighted by molar-refractivity contribution is 5.77. The Hall–Kier alpha value is -2.24. The maximum atomic E-state index is 12.6. The molecule has 2 aromatic rings. The summed E-state index contributed by atoms with van der Waals surface area (Å²) in [7, 11) is 0. The van der Waals surface area contributed by atoms with Gasteiger partial charge in [-0.3, -0.25) is 14.9 Å². The van der Waals surface area contributed by atoms with Crippen LogP contribution in [-0.2, 0) is 4.79 Å². The Bertz CT molecular complexity index is 750. The summed E-state index contributed by atoms with van der Waals surface area (Å²) in [5, 5.41) is 7.56.